The molecule has 2 heterocycles. The lowest BCUT2D eigenvalue weighted by molar-refractivity contribution is -0.384. The van der Waals surface area contributed by atoms with Gasteiger partial charge in [0.25, 0.3) is 5.69 Å². The summed E-state index contributed by atoms with van der Waals surface area (Å²) < 4.78 is 2.81. The molecule has 0 radical (unpaired) electrons. The maximum atomic E-state index is 11.1. The van der Waals surface area contributed by atoms with Crippen LogP contribution < -0.4 is 0 Å². The fourth-order valence-electron chi connectivity index (χ4n) is 4.41. The van der Waals surface area contributed by atoms with Crippen molar-refractivity contribution >= 4 is 17.9 Å². The number of aromatic nitrogens is 3. The second kappa shape index (κ2) is 9.03. The molecule has 2 aromatic carbocycles. The van der Waals surface area contributed by atoms with Crippen LogP contribution >= 0.6 is 12.2 Å². The largest absolute Gasteiger partial charge is 0.298 e. The molecule has 0 fully saturated rings. The van der Waals surface area contributed by atoms with Crippen LogP contribution in [0.25, 0.3) is 17.1 Å². The van der Waals surface area contributed by atoms with Gasteiger partial charge in [0.2, 0.25) is 0 Å². The highest BCUT2D eigenvalue weighted by Crippen LogP contribution is 2.31. The molecule has 5 rings (SSSR count). The maximum Gasteiger partial charge on any atom is 0.269 e. The Morgan fingerprint density at radius 1 is 0.909 bits per heavy atom. The number of nitro benzene ring substituents is 1. The van der Waals surface area contributed by atoms with Crippen LogP contribution in [0.4, 0.5) is 5.69 Å². The van der Waals surface area contributed by atoms with Gasteiger partial charge in [0.05, 0.1) is 4.92 Å². The summed E-state index contributed by atoms with van der Waals surface area (Å²) in [5.74, 6) is 0.720. The summed E-state index contributed by atoms with van der Waals surface area (Å²) in [5.41, 5.74) is 6.64. The molecule has 0 amide bonds. The number of benzene rings is 2. The first-order valence-corrected chi connectivity index (χ1v) is 11.4. The van der Waals surface area contributed by atoms with E-state index in [1.54, 1.807) is 12.1 Å². The molecule has 0 aliphatic heterocycles. The Bertz CT molecular complexity index is 1360. The first kappa shape index (κ1) is 21.2. The molecular weight excluding hydrogens is 432 g/mol. The van der Waals surface area contributed by atoms with Gasteiger partial charge in [-0.25, -0.2) is 4.98 Å². The molecule has 1 aliphatic carbocycles. The number of pyridine rings is 1. The van der Waals surface area contributed by atoms with E-state index in [1.807, 2.05) is 24.5 Å². The molecule has 0 spiro atoms. The lowest BCUT2D eigenvalue weighted by atomic mass is 9.96. The zero-order valence-corrected chi connectivity index (χ0v) is 18.8. The van der Waals surface area contributed by atoms with Crippen LogP contribution in [-0.4, -0.2) is 19.5 Å². The van der Waals surface area contributed by atoms with Gasteiger partial charge in [-0.1, -0.05) is 24.4 Å². The number of nitrogens with zero attached hydrogens (tertiary/aromatic N) is 4. The molecule has 0 saturated heterocycles. The van der Waals surface area contributed by atoms with Crippen molar-refractivity contribution in [2.45, 2.75) is 32.1 Å². The smallest absolute Gasteiger partial charge is 0.269 e. The van der Waals surface area contributed by atoms with E-state index in [0.29, 0.717) is 4.64 Å². The highest BCUT2D eigenvalue weighted by Gasteiger charge is 2.21. The minimum absolute atomic E-state index is 0.0577. The van der Waals surface area contributed by atoms with Gasteiger partial charge in [0.1, 0.15) is 10.5 Å². The van der Waals surface area contributed by atoms with Gasteiger partial charge >= 0.3 is 0 Å². The standard InChI is InChI=1S/C26H22N4O2S/c31-30(32)22-11-7-20(8-12-22)25-28-26(33)23-3-1-2-4-24(23)29(25)21-9-5-18(6-10-21)17-19-13-15-27-16-14-19/h5-16H,1-4,17H2. The van der Waals surface area contributed by atoms with Crippen molar-refractivity contribution in [3.8, 4) is 17.1 Å². The Balaban J connectivity index is 1.61. The number of rotatable bonds is 5. The molecule has 1 aliphatic rings. The molecule has 164 valence electrons. The van der Waals surface area contributed by atoms with Crippen LogP contribution in [0.2, 0.25) is 0 Å². The first-order valence-electron chi connectivity index (χ1n) is 11.0. The van der Waals surface area contributed by atoms with Crippen molar-refractivity contribution in [1.82, 2.24) is 14.5 Å². The maximum absolute atomic E-state index is 11.1. The predicted octanol–water partition coefficient (Wildman–Crippen LogP) is 6.04. The van der Waals surface area contributed by atoms with Gasteiger partial charge in [-0.2, -0.15) is 0 Å². The molecule has 2 aromatic heterocycles. The summed E-state index contributed by atoms with van der Waals surface area (Å²) in [4.78, 5) is 19.6. The fraction of sp³-hybridized carbons (Fsp3) is 0.192. The van der Waals surface area contributed by atoms with Crippen molar-refractivity contribution in [3.05, 3.63) is 110 Å². The Kier molecular flexibility index (Phi) is 5.79. The molecule has 4 aromatic rings. The molecule has 0 atom stereocenters. The van der Waals surface area contributed by atoms with Crippen molar-refractivity contribution in [2.75, 3.05) is 0 Å². The highest BCUT2D eigenvalue weighted by molar-refractivity contribution is 7.71. The lowest BCUT2D eigenvalue weighted by Gasteiger charge is -2.24. The highest BCUT2D eigenvalue weighted by atomic mass is 32.1. The normalized spacial score (nSPS) is 12.8. The average Bonchev–Trinajstić information content (AvgIpc) is 2.85. The van der Waals surface area contributed by atoms with Gasteiger partial charge in [-0.05, 0) is 79.6 Å². The van der Waals surface area contributed by atoms with E-state index in [9.17, 15) is 10.1 Å². The molecule has 0 unspecified atom stereocenters. The van der Waals surface area contributed by atoms with Gasteiger partial charge in [-0.3, -0.25) is 19.7 Å². The summed E-state index contributed by atoms with van der Waals surface area (Å²) in [6.45, 7) is 0. The quantitative estimate of drug-likeness (QED) is 0.209. The third-order valence-corrected chi connectivity index (χ3v) is 6.41. The van der Waals surface area contributed by atoms with Crippen LogP contribution in [0.15, 0.2) is 73.1 Å². The SMILES string of the molecule is O=[N+]([O-])c1ccc(-c2nc(=S)c3c(n2-c2ccc(Cc4ccncc4)cc2)CCCC3)cc1. The zero-order valence-electron chi connectivity index (χ0n) is 18.0. The van der Waals surface area contributed by atoms with E-state index in [-0.39, 0.29) is 5.69 Å². The molecule has 33 heavy (non-hydrogen) atoms. The van der Waals surface area contributed by atoms with Gasteiger partial charge in [0, 0.05) is 47.0 Å². The molecule has 7 heteroatoms. The topological polar surface area (TPSA) is 73.8 Å². The number of hydrogen-bond donors (Lipinski definition) is 0. The summed E-state index contributed by atoms with van der Waals surface area (Å²) in [6, 6.07) is 19.1. The van der Waals surface area contributed by atoms with Crippen LogP contribution in [0.3, 0.4) is 0 Å². The Hall–Kier alpha value is -3.71. The van der Waals surface area contributed by atoms with Crippen molar-refractivity contribution in [1.29, 1.82) is 0 Å². The second-order valence-corrected chi connectivity index (χ2v) is 8.60. The number of non-ortho nitro benzene ring substituents is 1. The number of nitro groups is 1. The Labute approximate surface area is 196 Å². The van der Waals surface area contributed by atoms with Crippen LogP contribution in [0, 0.1) is 14.8 Å². The second-order valence-electron chi connectivity index (χ2n) is 8.21. The third-order valence-electron chi connectivity index (χ3n) is 6.07. The van der Waals surface area contributed by atoms with Crippen molar-refractivity contribution in [2.24, 2.45) is 0 Å². The van der Waals surface area contributed by atoms with Gasteiger partial charge < -0.3 is 0 Å². The van der Waals surface area contributed by atoms with E-state index >= 15 is 0 Å². The Morgan fingerprint density at radius 3 is 2.27 bits per heavy atom. The summed E-state index contributed by atoms with van der Waals surface area (Å²) >= 11 is 5.66. The average molecular weight is 455 g/mol. The van der Waals surface area contributed by atoms with Gasteiger partial charge in [0.15, 0.2) is 0 Å². The molecule has 0 bridgehead atoms. The third kappa shape index (κ3) is 4.32. The summed E-state index contributed by atoms with van der Waals surface area (Å²) in [5, 5.41) is 11.1. The van der Waals surface area contributed by atoms with Gasteiger partial charge in [-0.15, -0.1) is 0 Å². The van der Waals surface area contributed by atoms with Crippen molar-refractivity contribution < 1.29 is 4.92 Å². The predicted molar refractivity (Wildman–Crippen MR) is 130 cm³/mol. The molecular formula is C26H22N4O2S. The molecule has 0 N–H and O–H groups in total. The van der Waals surface area contributed by atoms with E-state index in [4.69, 9.17) is 17.2 Å². The lowest BCUT2D eigenvalue weighted by Crippen LogP contribution is -2.17. The summed E-state index contributed by atoms with van der Waals surface area (Å²) in [7, 11) is 0. The minimum atomic E-state index is -0.391. The first-order chi connectivity index (χ1) is 16.1. The van der Waals surface area contributed by atoms with E-state index in [2.05, 4.69) is 33.8 Å². The van der Waals surface area contributed by atoms with Crippen molar-refractivity contribution in [3.63, 3.8) is 0 Å². The Morgan fingerprint density at radius 2 is 1.58 bits per heavy atom. The van der Waals surface area contributed by atoms with E-state index < -0.39 is 4.92 Å². The molecule has 0 saturated carbocycles. The summed E-state index contributed by atoms with van der Waals surface area (Å²) in [6.07, 6.45) is 8.53. The molecule has 6 nitrogen and oxygen atoms in total. The zero-order chi connectivity index (χ0) is 22.8. The van der Waals surface area contributed by atoms with E-state index in [1.165, 1.54) is 29.0 Å². The number of fused-ring (bicyclic) bond motifs is 1. The van der Waals surface area contributed by atoms with E-state index in [0.717, 1.165) is 54.7 Å². The monoisotopic (exact) mass is 454 g/mol. The van der Waals surface area contributed by atoms with Crippen LogP contribution in [0.1, 0.15) is 35.2 Å². The fourth-order valence-corrected chi connectivity index (χ4v) is 4.72. The van der Waals surface area contributed by atoms with Crippen LogP contribution in [-0.2, 0) is 19.3 Å². The minimum Gasteiger partial charge on any atom is -0.298 e. The number of hydrogen-bond acceptors (Lipinski definition) is 5. The van der Waals surface area contributed by atoms with Crippen LogP contribution in [0.5, 0.6) is 0 Å².